The summed E-state index contributed by atoms with van der Waals surface area (Å²) < 4.78 is 0. The van der Waals surface area contributed by atoms with Crippen molar-refractivity contribution in [3.63, 3.8) is 0 Å². The van der Waals surface area contributed by atoms with Crippen molar-refractivity contribution in [1.82, 2.24) is 4.98 Å². The van der Waals surface area contributed by atoms with Crippen LogP contribution in [0.1, 0.15) is 100 Å². The van der Waals surface area contributed by atoms with Crippen LogP contribution in [0.3, 0.4) is 0 Å². The Morgan fingerprint density at radius 3 is 1.62 bits per heavy atom. The molecule has 120 valence electrons. The third kappa shape index (κ3) is 5.73. The molecule has 0 aromatic carbocycles. The monoisotopic (exact) mass is 307 g/mol. The molecule has 1 aliphatic rings. The first kappa shape index (κ1) is 17.0. The number of rotatable bonds is 1. The van der Waals surface area contributed by atoms with Crippen LogP contribution in [0.2, 0.25) is 0 Å². The highest BCUT2D eigenvalue weighted by Crippen LogP contribution is 2.37. The summed E-state index contributed by atoms with van der Waals surface area (Å²) in [4.78, 5) is 6.10. The summed E-state index contributed by atoms with van der Waals surface area (Å²) in [5.74, 6) is 0. The van der Waals surface area contributed by atoms with Crippen LogP contribution in [-0.4, -0.2) is 4.98 Å². The zero-order valence-corrected chi connectivity index (χ0v) is 14.9. The topological polar surface area (TPSA) is 12.9 Å². The van der Waals surface area contributed by atoms with E-state index < -0.39 is 0 Å². The lowest BCUT2D eigenvalue weighted by Gasteiger charge is -2.28. The molecule has 0 unspecified atom stereocenters. The minimum atomic E-state index is 0.336. The van der Waals surface area contributed by atoms with Crippen LogP contribution in [-0.2, 0) is 5.41 Å². The van der Waals surface area contributed by atoms with E-state index >= 15 is 0 Å². The van der Waals surface area contributed by atoms with E-state index in [1.807, 2.05) is 11.3 Å². The number of hydrogen-bond acceptors (Lipinski definition) is 2. The number of hydrogen-bond donors (Lipinski definition) is 0. The Bertz CT molecular complexity index is 382. The van der Waals surface area contributed by atoms with Crippen molar-refractivity contribution >= 4 is 11.3 Å². The Morgan fingerprint density at radius 1 is 0.810 bits per heavy atom. The highest BCUT2D eigenvalue weighted by atomic mass is 32.1. The molecule has 21 heavy (non-hydrogen) atoms. The van der Waals surface area contributed by atoms with E-state index in [1.165, 1.54) is 93.4 Å². The zero-order valence-electron chi connectivity index (χ0n) is 14.1. The van der Waals surface area contributed by atoms with E-state index in [0.717, 1.165) is 0 Å². The maximum atomic E-state index is 4.73. The van der Waals surface area contributed by atoms with Crippen LogP contribution in [0.5, 0.6) is 0 Å². The van der Waals surface area contributed by atoms with Crippen LogP contribution in [0.25, 0.3) is 0 Å². The van der Waals surface area contributed by atoms with Gasteiger partial charge in [-0.3, -0.25) is 0 Å². The molecule has 1 aromatic rings. The van der Waals surface area contributed by atoms with Gasteiger partial charge in [0, 0.05) is 16.5 Å². The Kier molecular flexibility index (Phi) is 7.22. The molecule has 0 N–H and O–H groups in total. The molecular weight excluding hydrogens is 274 g/mol. The SMILES string of the molecule is Cc1cnc(C2(C)CCCCCCCCCCCCC2)s1. The Morgan fingerprint density at radius 2 is 1.24 bits per heavy atom. The normalized spacial score (nSPS) is 22.6. The fraction of sp³-hybridized carbons (Fsp3) is 0.842. The highest BCUT2D eigenvalue weighted by Gasteiger charge is 2.28. The molecule has 2 heteroatoms. The summed E-state index contributed by atoms with van der Waals surface area (Å²) in [5, 5.41) is 1.40. The molecule has 1 aromatic heterocycles. The molecule has 1 aliphatic carbocycles. The minimum Gasteiger partial charge on any atom is -0.249 e. The summed E-state index contributed by atoms with van der Waals surface area (Å²) in [5.41, 5.74) is 0.336. The van der Waals surface area contributed by atoms with Gasteiger partial charge < -0.3 is 0 Å². The summed E-state index contributed by atoms with van der Waals surface area (Å²) >= 11 is 1.93. The first-order chi connectivity index (χ1) is 10.2. The summed E-state index contributed by atoms with van der Waals surface area (Å²) in [7, 11) is 0. The molecular formula is C19H33NS. The molecule has 1 saturated carbocycles. The molecule has 1 fully saturated rings. The average molecular weight is 308 g/mol. The lowest BCUT2D eigenvalue weighted by molar-refractivity contribution is 0.358. The lowest BCUT2D eigenvalue weighted by atomic mass is 9.80. The number of aromatic nitrogens is 1. The van der Waals surface area contributed by atoms with Gasteiger partial charge >= 0.3 is 0 Å². The molecule has 1 nitrogen and oxygen atoms in total. The van der Waals surface area contributed by atoms with E-state index in [9.17, 15) is 0 Å². The molecule has 2 rings (SSSR count). The molecule has 0 aliphatic heterocycles. The minimum absolute atomic E-state index is 0.336. The Balaban J connectivity index is 1.95. The first-order valence-electron chi connectivity index (χ1n) is 9.14. The smallest absolute Gasteiger partial charge is 0.0986 e. The predicted octanol–water partition coefficient (Wildman–Crippen LogP) is 6.79. The van der Waals surface area contributed by atoms with E-state index in [-0.39, 0.29) is 0 Å². The lowest BCUT2D eigenvalue weighted by Crippen LogP contribution is -2.22. The number of aryl methyl sites for hydroxylation is 1. The van der Waals surface area contributed by atoms with Gasteiger partial charge in [0.05, 0.1) is 5.01 Å². The average Bonchev–Trinajstić information content (AvgIpc) is 2.91. The Hall–Kier alpha value is -0.370. The van der Waals surface area contributed by atoms with Crippen molar-refractivity contribution in [1.29, 1.82) is 0 Å². The maximum absolute atomic E-state index is 4.73. The summed E-state index contributed by atoms with van der Waals surface area (Å²) in [6.07, 6.45) is 20.5. The standard InChI is InChI=1S/C19H33NS/c1-17-16-20-18(21-17)19(2)14-12-10-8-6-4-3-5-7-9-11-13-15-19/h16H,3-15H2,1-2H3. The van der Waals surface area contributed by atoms with Gasteiger partial charge in [0.25, 0.3) is 0 Å². The largest absolute Gasteiger partial charge is 0.249 e. The highest BCUT2D eigenvalue weighted by molar-refractivity contribution is 7.11. The third-order valence-corrected chi connectivity index (χ3v) is 6.31. The van der Waals surface area contributed by atoms with Crippen molar-refractivity contribution < 1.29 is 0 Å². The zero-order chi connectivity index (χ0) is 15.0. The first-order valence-corrected chi connectivity index (χ1v) is 9.95. The van der Waals surface area contributed by atoms with E-state index in [4.69, 9.17) is 4.98 Å². The second-order valence-corrected chi connectivity index (χ2v) is 8.46. The number of thiazole rings is 1. The van der Waals surface area contributed by atoms with Crippen LogP contribution in [0, 0.1) is 6.92 Å². The Labute approximate surface area is 135 Å². The maximum Gasteiger partial charge on any atom is 0.0986 e. The van der Waals surface area contributed by atoms with Gasteiger partial charge in [0.15, 0.2) is 0 Å². The van der Waals surface area contributed by atoms with Gasteiger partial charge in [-0.25, -0.2) is 4.98 Å². The second-order valence-electron chi connectivity index (χ2n) is 7.23. The molecule has 0 bridgehead atoms. The quantitative estimate of drug-likeness (QED) is 0.556. The number of nitrogens with zero attached hydrogens (tertiary/aromatic N) is 1. The second kappa shape index (κ2) is 8.92. The van der Waals surface area contributed by atoms with Crippen molar-refractivity contribution in [2.24, 2.45) is 0 Å². The molecule has 1 heterocycles. The van der Waals surface area contributed by atoms with Crippen LogP contribution >= 0.6 is 11.3 Å². The third-order valence-electron chi connectivity index (χ3n) is 5.09. The fourth-order valence-corrected chi connectivity index (χ4v) is 4.56. The van der Waals surface area contributed by atoms with Gasteiger partial charge in [-0.15, -0.1) is 11.3 Å². The van der Waals surface area contributed by atoms with E-state index in [2.05, 4.69) is 20.0 Å². The fourth-order valence-electron chi connectivity index (χ4n) is 3.59. The molecule has 0 radical (unpaired) electrons. The van der Waals surface area contributed by atoms with Crippen LogP contribution in [0.15, 0.2) is 6.20 Å². The van der Waals surface area contributed by atoms with Crippen LogP contribution < -0.4 is 0 Å². The predicted molar refractivity (Wildman–Crippen MR) is 94.2 cm³/mol. The van der Waals surface area contributed by atoms with Gasteiger partial charge in [0.1, 0.15) is 0 Å². The summed E-state index contributed by atoms with van der Waals surface area (Å²) in [6, 6.07) is 0. The van der Waals surface area contributed by atoms with Crippen molar-refractivity contribution in [3.8, 4) is 0 Å². The van der Waals surface area contributed by atoms with Crippen molar-refractivity contribution in [2.45, 2.75) is 103 Å². The van der Waals surface area contributed by atoms with Gasteiger partial charge in [0.2, 0.25) is 0 Å². The molecule has 0 atom stereocenters. The van der Waals surface area contributed by atoms with E-state index in [0.29, 0.717) is 5.41 Å². The van der Waals surface area contributed by atoms with E-state index in [1.54, 1.807) is 0 Å². The van der Waals surface area contributed by atoms with Gasteiger partial charge in [-0.2, -0.15) is 0 Å². The van der Waals surface area contributed by atoms with Gasteiger partial charge in [-0.1, -0.05) is 77.6 Å². The molecule has 0 spiro atoms. The summed E-state index contributed by atoms with van der Waals surface area (Å²) in [6.45, 7) is 4.66. The molecule has 0 amide bonds. The van der Waals surface area contributed by atoms with Crippen molar-refractivity contribution in [2.75, 3.05) is 0 Å². The van der Waals surface area contributed by atoms with Crippen LogP contribution in [0.4, 0.5) is 0 Å². The van der Waals surface area contributed by atoms with Crippen molar-refractivity contribution in [3.05, 3.63) is 16.1 Å². The molecule has 0 saturated heterocycles. The van der Waals surface area contributed by atoms with Gasteiger partial charge in [-0.05, 0) is 19.8 Å².